The summed E-state index contributed by atoms with van der Waals surface area (Å²) in [6.07, 6.45) is 0.264. The van der Waals surface area contributed by atoms with Gasteiger partial charge in [0, 0.05) is 11.6 Å². The third kappa shape index (κ3) is 3.35. The second-order valence-electron chi connectivity index (χ2n) is 4.23. The van der Waals surface area contributed by atoms with Gasteiger partial charge in [-0.2, -0.15) is 0 Å². The van der Waals surface area contributed by atoms with Gasteiger partial charge in [0.2, 0.25) is 0 Å². The Morgan fingerprint density at radius 2 is 2.00 bits per heavy atom. The number of nitro benzene ring substituents is 1. The highest BCUT2D eigenvalue weighted by Crippen LogP contribution is 2.30. The molecule has 0 saturated carbocycles. The van der Waals surface area contributed by atoms with E-state index in [1.54, 1.807) is 30.3 Å². The number of rotatable bonds is 4. The molecule has 1 unspecified atom stereocenters. The molecule has 0 bridgehead atoms. The van der Waals surface area contributed by atoms with Crippen molar-refractivity contribution in [1.82, 2.24) is 0 Å². The van der Waals surface area contributed by atoms with Crippen molar-refractivity contribution in [1.29, 1.82) is 0 Å². The van der Waals surface area contributed by atoms with Crippen molar-refractivity contribution >= 4 is 33.2 Å². The number of benzene rings is 2. The number of nitro groups is 1. The maximum atomic E-state index is 13.5. The van der Waals surface area contributed by atoms with E-state index in [0.29, 0.717) is 15.6 Å². The van der Waals surface area contributed by atoms with Gasteiger partial charge in [-0.3, -0.25) is 10.1 Å². The minimum absolute atomic E-state index is 0.0238. The van der Waals surface area contributed by atoms with E-state index in [4.69, 9.17) is 11.6 Å². The first kappa shape index (κ1) is 14.9. The lowest BCUT2D eigenvalue weighted by Gasteiger charge is -2.11. The predicted octanol–water partition coefficient (Wildman–Crippen LogP) is 5.02. The second kappa shape index (κ2) is 6.33. The van der Waals surface area contributed by atoms with E-state index >= 15 is 0 Å². The lowest BCUT2D eigenvalue weighted by Crippen LogP contribution is -2.00. The summed E-state index contributed by atoms with van der Waals surface area (Å²) in [4.78, 5) is 10.5. The Labute approximate surface area is 128 Å². The molecule has 20 heavy (non-hydrogen) atoms. The Balaban J connectivity index is 2.25. The molecule has 0 aromatic heterocycles. The van der Waals surface area contributed by atoms with Crippen LogP contribution < -0.4 is 0 Å². The summed E-state index contributed by atoms with van der Waals surface area (Å²) in [6.45, 7) is 0. The average Bonchev–Trinajstić information content (AvgIpc) is 2.42. The van der Waals surface area contributed by atoms with Crippen molar-refractivity contribution in [3.63, 3.8) is 0 Å². The topological polar surface area (TPSA) is 43.1 Å². The van der Waals surface area contributed by atoms with Crippen molar-refractivity contribution in [3.8, 4) is 0 Å². The fourth-order valence-electron chi connectivity index (χ4n) is 1.88. The summed E-state index contributed by atoms with van der Waals surface area (Å²) in [5, 5.41) is 10.4. The van der Waals surface area contributed by atoms with E-state index in [9.17, 15) is 14.5 Å². The molecule has 0 heterocycles. The fraction of sp³-hybridized carbons (Fsp3) is 0.143. The fourth-order valence-corrected chi connectivity index (χ4v) is 2.43. The molecule has 0 aliphatic carbocycles. The van der Waals surface area contributed by atoms with Crippen LogP contribution in [0, 0.1) is 15.9 Å². The van der Waals surface area contributed by atoms with Gasteiger partial charge < -0.3 is 0 Å². The van der Waals surface area contributed by atoms with Crippen LogP contribution in [0.4, 0.5) is 10.1 Å². The number of hydrogen-bond acceptors (Lipinski definition) is 2. The summed E-state index contributed by atoms with van der Waals surface area (Å²) in [6, 6.07) is 11.0. The summed E-state index contributed by atoms with van der Waals surface area (Å²) in [5.41, 5.74) is 1.14. The first-order valence-corrected chi connectivity index (χ1v) is 7.03. The molecule has 0 saturated heterocycles. The van der Waals surface area contributed by atoms with Gasteiger partial charge >= 0.3 is 0 Å². The summed E-state index contributed by atoms with van der Waals surface area (Å²) >= 11 is 9.31. The van der Waals surface area contributed by atoms with Crippen molar-refractivity contribution in [2.24, 2.45) is 0 Å². The van der Waals surface area contributed by atoms with Crippen LogP contribution in [0.5, 0.6) is 0 Å². The Kier molecular flexibility index (Phi) is 4.73. The Bertz CT molecular complexity index is 651. The number of para-hydroxylation sites is 1. The molecule has 0 aliphatic rings. The largest absolute Gasteiger partial charge is 0.272 e. The van der Waals surface area contributed by atoms with Crippen molar-refractivity contribution < 1.29 is 9.31 Å². The highest BCUT2D eigenvalue weighted by Gasteiger charge is 2.18. The standard InChI is InChI=1S/C14H10BrClFNO2/c15-11-6-5-9(8-13(11)17)12(16)7-10-3-1-2-4-14(10)18(19)20/h1-6,8,12H,7H2. The van der Waals surface area contributed by atoms with Crippen molar-refractivity contribution in [2.75, 3.05) is 0 Å². The SMILES string of the molecule is O=[N+]([O-])c1ccccc1CC(Cl)c1ccc(Br)c(F)c1. The smallest absolute Gasteiger partial charge is 0.258 e. The molecule has 104 valence electrons. The van der Waals surface area contributed by atoms with Gasteiger partial charge in [0.15, 0.2) is 0 Å². The highest BCUT2D eigenvalue weighted by molar-refractivity contribution is 9.10. The van der Waals surface area contributed by atoms with E-state index in [-0.39, 0.29) is 12.1 Å². The molecule has 6 heteroatoms. The Morgan fingerprint density at radius 3 is 2.65 bits per heavy atom. The van der Waals surface area contributed by atoms with E-state index in [2.05, 4.69) is 15.9 Å². The molecule has 3 nitrogen and oxygen atoms in total. The maximum Gasteiger partial charge on any atom is 0.272 e. The molecular weight excluding hydrogens is 349 g/mol. The lowest BCUT2D eigenvalue weighted by molar-refractivity contribution is -0.385. The second-order valence-corrected chi connectivity index (χ2v) is 5.61. The molecule has 1 atom stereocenters. The third-order valence-corrected chi connectivity index (χ3v) is 3.94. The molecule has 0 amide bonds. The molecular formula is C14H10BrClFNO2. The Hall–Kier alpha value is -1.46. The van der Waals surface area contributed by atoms with Crippen LogP contribution in [0.2, 0.25) is 0 Å². The zero-order chi connectivity index (χ0) is 14.7. The zero-order valence-electron chi connectivity index (χ0n) is 10.2. The third-order valence-electron chi connectivity index (χ3n) is 2.89. The number of halogens is 3. The first-order valence-electron chi connectivity index (χ1n) is 5.80. The van der Waals surface area contributed by atoms with E-state index < -0.39 is 16.1 Å². The van der Waals surface area contributed by atoms with Gasteiger partial charge in [-0.15, -0.1) is 11.6 Å². The summed E-state index contributed by atoms with van der Waals surface area (Å²) in [5.74, 6) is -0.407. The molecule has 2 aromatic rings. The van der Waals surface area contributed by atoms with Gasteiger partial charge in [0.05, 0.1) is 14.8 Å². The van der Waals surface area contributed by atoms with E-state index in [1.165, 1.54) is 12.1 Å². The predicted molar refractivity (Wildman–Crippen MR) is 79.5 cm³/mol. The van der Waals surface area contributed by atoms with Crippen molar-refractivity contribution in [3.05, 3.63) is 74.0 Å². The maximum absolute atomic E-state index is 13.5. The van der Waals surface area contributed by atoms with Crippen LogP contribution in [-0.4, -0.2) is 4.92 Å². The van der Waals surface area contributed by atoms with Crippen molar-refractivity contribution in [2.45, 2.75) is 11.8 Å². The van der Waals surface area contributed by atoms with Gasteiger partial charge in [-0.25, -0.2) is 4.39 Å². The molecule has 0 radical (unpaired) electrons. The minimum atomic E-state index is -0.529. The van der Waals surface area contributed by atoms with Crippen LogP contribution in [0.25, 0.3) is 0 Å². The molecule has 0 N–H and O–H groups in total. The molecule has 0 spiro atoms. The van der Waals surface area contributed by atoms with Crippen LogP contribution in [0.1, 0.15) is 16.5 Å². The van der Waals surface area contributed by atoms with Crippen LogP contribution in [0.15, 0.2) is 46.9 Å². The number of nitrogens with zero attached hydrogens (tertiary/aromatic N) is 1. The molecule has 2 rings (SSSR count). The lowest BCUT2D eigenvalue weighted by atomic mass is 10.0. The first-order chi connectivity index (χ1) is 9.49. The Morgan fingerprint density at radius 1 is 1.30 bits per heavy atom. The van der Waals surface area contributed by atoms with Gasteiger partial charge in [-0.1, -0.05) is 24.3 Å². The van der Waals surface area contributed by atoms with E-state index in [1.807, 2.05) is 0 Å². The van der Waals surface area contributed by atoms with Gasteiger partial charge in [-0.05, 0) is 40.0 Å². The average molecular weight is 359 g/mol. The summed E-state index contributed by atoms with van der Waals surface area (Å²) in [7, 11) is 0. The molecule has 0 aliphatic heterocycles. The zero-order valence-corrected chi connectivity index (χ0v) is 12.6. The summed E-state index contributed by atoms with van der Waals surface area (Å²) < 4.78 is 13.8. The highest BCUT2D eigenvalue weighted by atomic mass is 79.9. The van der Waals surface area contributed by atoms with Crippen LogP contribution >= 0.6 is 27.5 Å². The minimum Gasteiger partial charge on any atom is -0.258 e. The van der Waals surface area contributed by atoms with Gasteiger partial charge in [0.1, 0.15) is 5.82 Å². The monoisotopic (exact) mass is 357 g/mol. The molecule has 0 fully saturated rings. The number of hydrogen-bond donors (Lipinski definition) is 0. The van der Waals surface area contributed by atoms with Gasteiger partial charge in [0.25, 0.3) is 5.69 Å². The molecule has 2 aromatic carbocycles. The van der Waals surface area contributed by atoms with E-state index in [0.717, 1.165) is 0 Å². The van der Waals surface area contributed by atoms with Crippen LogP contribution in [0.3, 0.4) is 0 Å². The normalized spacial score (nSPS) is 12.2. The van der Waals surface area contributed by atoms with Crippen LogP contribution in [-0.2, 0) is 6.42 Å². The quantitative estimate of drug-likeness (QED) is 0.437. The number of alkyl halides is 1.